The Kier molecular flexibility index (Phi) is 6.94. The number of rotatable bonds is 8. The van der Waals surface area contributed by atoms with E-state index in [2.05, 4.69) is 31.0 Å². The molecule has 2 atom stereocenters. The number of ether oxygens (including phenoxy) is 2. The fraction of sp³-hybridized carbons (Fsp3) is 0.500. The van der Waals surface area contributed by atoms with Crippen molar-refractivity contribution < 1.29 is 19.4 Å². The van der Waals surface area contributed by atoms with Crippen molar-refractivity contribution in [1.82, 2.24) is 9.88 Å². The van der Waals surface area contributed by atoms with E-state index in [0.29, 0.717) is 49.1 Å². The molecule has 180 valence electrons. The third-order valence-corrected chi connectivity index (χ3v) is 7.22. The summed E-state index contributed by atoms with van der Waals surface area (Å²) >= 11 is 0. The highest BCUT2D eigenvalue weighted by Gasteiger charge is 2.44. The molecule has 0 radical (unpaired) electrons. The van der Waals surface area contributed by atoms with Gasteiger partial charge in [-0.3, -0.25) is 4.79 Å². The number of aliphatic hydroxyl groups is 1. The maximum absolute atomic E-state index is 12.5. The smallest absolute Gasteiger partial charge is 0.224 e. The predicted molar refractivity (Wildman–Crippen MR) is 128 cm³/mol. The molecule has 2 fully saturated rings. The van der Waals surface area contributed by atoms with Crippen molar-refractivity contribution in [3.05, 3.63) is 47.7 Å². The Bertz CT molecular complexity index is 1080. The standard InChI is InChI=1S/C26H32N4O4/c1-4-26(2)17-30(24(32)9-11-31)16-21(26)18-7-8-22(33-3)23(12-18)34-20-14-29(15-20)25-19(13-27)6-5-10-28-25/h5-8,10,12,20-21,31H,4,9,11,14-17H2,1-3H3. The average Bonchev–Trinajstić information content (AvgIpc) is 3.19. The zero-order valence-corrected chi connectivity index (χ0v) is 20.0. The normalized spacial score (nSPS) is 22.3. The first-order valence-corrected chi connectivity index (χ1v) is 11.8. The molecule has 2 aliphatic heterocycles. The maximum atomic E-state index is 12.5. The highest BCUT2D eigenvalue weighted by Crippen LogP contribution is 2.47. The van der Waals surface area contributed by atoms with Gasteiger partial charge in [-0.25, -0.2) is 4.98 Å². The topological polar surface area (TPSA) is 98.9 Å². The molecular weight excluding hydrogens is 432 g/mol. The van der Waals surface area contributed by atoms with E-state index in [1.165, 1.54) is 0 Å². The van der Waals surface area contributed by atoms with Crippen LogP contribution >= 0.6 is 0 Å². The number of aliphatic hydroxyl groups excluding tert-OH is 1. The summed E-state index contributed by atoms with van der Waals surface area (Å²) in [6.07, 6.45) is 2.75. The van der Waals surface area contributed by atoms with Crippen molar-refractivity contribution in [2.45, 2.75) is 38.7 Å². The predicted octanol–water partition coefficient (Wildman–Crippen LogP) is 2.95. The number of anilines is 1. The number of benzene rings is 1. The van der Waals surface area contributed by atoms with Gasteiger partial charge in [-0.15, -0.1) is 0 Å². The molecule has 3 heterocycles. The fourth-order valence-corrected chi connectivity index (χ4v) is 4.96. The van der Waals surface area contributed by atoms with Crippen molar-refractivity contribution in [1.29, 1.82) is 5.26 Å². The second kappa shape index (κ2) is 9.90. The third-order valence-electron chi connectivity index (χ3n) is 7.22. The summed E-state index contributed by atoms with van der Waals surface area (Å²) < 4.78 is 11.9. The van der Waals surface area contributed by atoms with Gasteiger partial charge in [-0.05, 0) is 41.7 Å². The molecule has 0 bridgehead atoms. The Morgan fingerprint density at radius 1 is 1.29 bits per heavy atom. The van der Waals surface area contributed by atoms with Crippen molar-refractivity contribution in [3.8, 4) is 17.6 Å². The van der Waals surface area contributed by atoms with Gasteiger partial charge in [0.1, 0.15) is 18.0 Å². The summed E-state index contributed by atoms with van der Waals surface area (Å²) in [6.45, 7) is 6.83. The number of pyridine rings is 1. The molecule has 2 aromatic rings. The molecule has 2 saturated heterocycles. The second-order valence-electron chi connectivity index (χ2n) is 9.35. The SMILES string of the molecule is CCC1(C)CN(C(=O)CCO)CC1c1ccc(OC)c(OC2CN(c3ncccc3C#N)C2)c1. The Hall–Kier alpha value is -3.31. The Balaban J connectivity index is 1.50. The van der Waals surface area contributed by atoms with E-state index in [-0.39, 0.29) is 36.4 Å². The first-order chi connectivity index (χ1) is 16.4. The molecular formula is C26H32N4O4. The molecule has 2 aliphatic rings. The van der Waals surface area contributed by atoms with Crippen LogP contribution in [0, 0.1) is 16.7 Å². The number of methoxy groups -OCH3 is 1. The minimum absolute atomic E-state index is 0.00419. The summed E-state index contributed by atoms with van der Waals surface area (Å²) in [5.41, 5.74) is 1.62. The molecule has 4 rings (SSSR count). The fourth-order valence-electron chi connectivity index (χ4n) is 4.96. The molecule has 8 nitrogen and oxygen atoms in total. The van der Waals surface area contributed by atoms with Gasteiger partial charge in [-0.2, -0.15) is 5.26 Å². The highest BCUT2D eigenvalue weighted by atomic mass is 16.5. The Morgan fingerprint density at radius 2 is 2.09 bits per heavy atom. The lowest BCUT2D eigenvalue weighted by Gasteiger charge is -2.40. The number of aromatic nitrogens is 1. The molecule has 2 unspecified atom stereocenters. The lowest BCUT2D eigenvalue weighted by Crippen LogP contribution is -2.54. The van der Waals surface area contributed by atoms with Gasteiger partial charge in [0, 0.05) is 31.6 Å². The van der Waals surface area contributed by atoms with E-state index in [9.17, 15) is 15.2 Å². The summed E-state index contributed by atoms with van der Waals surface area (Å²) in [5, 5.41) is 18.5. The monoisotopic (exact) mass is 464 g/mol. The zero-order chi connectivity index (χ0) is 24.3. The van der Waals surface area contributed by atoms with Gasteiger partial charge in [0.05, 0.1) is 32.4 Å². The first kappa shape index (κ1) is 23.8. The van der Waals surface area contributed by atoms with E-state index in [1.807, 2.05) is 21.9 Å². The minimum atomic E-state index is -0.129. The number of hydrogen-bond donors (Lipinski definition) is 1. The molecule has 1 amide bonds. The van der Waals surface area contributed by atoms with Crippen LogP contribution in [0.5, 0.6) is 11.5 Å². The van der Waals surface area contributed by atoms with Gasteiger partial charge in [-0.1, -0.05) is 19.9 Å². The Labute approximate surface area is 200 Å². The van der Waals surface area contributed by atoms with E-state index in [1.54, 1.807) is 25.4 Å². The number of hydrogen-bond acceptors (Lipinski definition) is 7. The molecule has 1 aromatic heterocycles. The number of carbonyl (C=O) groups excluding carboxylic acids is 1. The van der Waals surface area contributed by atoms with Crippen molar-refractivity contribution in [2.75, 3.05) is 44.8 Å². The van der Waals surface area contributed by atoms with Crippen molar-refractivity contribution in [2.24, 2.45) is 5.41 Å². The van der Waals surface area contributed by atoms with E-state index in [0.717, 1.165) is 12.0 Å². The molecule has 1 aromatic carbocycles. The van der Waals surface area contributed by atoms with Gasteiger partial charge in [0.25, 0.3) is 0 Å². The van der Waals surface area contributed by atoms with Crippen LogP contribution in [-0.2, 0) is 4.79 Å². The number of nitrogens with zero attached hydrogens (tertiary/aromatic N) is 4. The average molecular weight is 465 g/mol. The minimum Gasteiger partial charge on any atom is -0.493 e. The van der Waals surface area contributed by atoms with Crippen LogP contribution in [0.3, 0.4) is 0 Å². The van der Waals surface area contributed by atoms with Crippen LogP contribution in [0.15, 0.2) is 36.5 Å². The van der Waals surface area contributed by atoms with Gasteiger partial charge in [0.2, 0.25) is 5.91 Å². The lowest BCUT2D eigenvalue weighted by atomic mass is 9.74. The van der Waals surface area contributed by atoms with E-state index in [4.69, 9.17) is 9.47 Å². The van der Waals surface area contributed by atoms with Gasteiger partial charge >= 0.3 is 0 Å². The van der Waals surface area contributed by atoms with Crippen LogP contribution in [0.25, 0.3) is 0 Å². The van der Waals surface area contributed by atoms with Crippen LogP contribution in [0.2, 0.25) is 0 Å². The van der Waals surface area contributed by atoms with Gasteiger partial charge in [0.15, 0.2) is 11.5 Å². The van der Waals surface area contributed by atoms with Crippen LogP contribution in [-0.4, -0.2) is 66.9 Å². The quantitative estimate of drug-likeness (QED) is 0.641. The van der Waals surface area contributed by atoms with Crippen molar-refractivity contribution >= 4 is 11.7 Å². The summed E-state index contributed by atoms with van der Waals surface area (Å²) in [7, 11) is 1.63. The Morgan fingerprint density at radius 3 is 2.76 bits per heavy atom. The van der Waals surface area contributed by atoms with Crippen LogP contribution < -0.4 is 14.4 Å². The first-order valence-electron chi connectivity index (χ1n) is 11.8. The maximum Gasteiger partial charge on any atom is 0.224 e. The van der Waals surface area contributed by atoms with Gasteiger partial charge < -0.3 is 24.4 Å². The lowest BCUT2D eigenvalue weighted by molar-refractivity contribution is -0.131. The number of nitriles is 1. The summed E-state index contributed by atoms with van der Waals surface area (Å²) in [6, 6.07) is 11.8. The largest absolute Gasteiger partial charge is 0.493 e. The second-order valence-corrected chi connectivity index (χ2v) is 9.35. The molecule has 0 saturated carbocycles. The molecule has 8 heteroatoms. The number of carbonyl (C=O) groups is 1. The summed E-state index contributed by atoms with van der Waals surface area (Å²) in [5.74, 6) is 2.20. The zero-order valence-electron chi connectivity index (χ0n) is 20.0. The third kappa shape index (κ3) is 4.53. The highest BCUT2D eigenvalue weighted by molar-refractivity contribution is 5.77. The molecule has 0 spiro atoms. The number of amides is 1. The molecule has 34 heavy (non-hydrogen) atoms. The van der Waals surface area contributed by atoms with Crippen LogP contribution in [0.4, 0.5) is 5.82 Å². The molecule has 1 N–H and O–H groups in total. The van der Waals surface area contributed by atoms with Crippen molar-refractivity contribution in [3.63, 3.8) is 0 Å². The molecule has 0 aliphatic carbocycles. The van der Waals surface area contributed by atoms with E-state index < -0.39 is 0 Å². The van der Waals surface area contributed by atoms with Crippen LogP contribution in [0.1, 0.15) is 43.7 Å². The van der Waals surface area contributed by atoms with E-state index >= 15 is 0 Å². The summed E-state index contributed by atoms with van der Waals surface area (Å²) in [4.78, 5) is 20.7. The number of likely N-dealkylation sites (tertiary alicyclic amines) is 1.